The van der Waals surface area contributed by atoms with Crippen LogP contribution in [0.4, 0.5) is 0 Å². The fraction of sp³-hybridized carbons (Fsp3) is 0.278. The van der Waals surface area contributed by atoms with Crippen LogP contribution in [0, 0.1) is 5.92 Å². The van der Waals surface area contributed by atoms with E-state index >= 15 is 0 Å². The molecule has 0 bridgehead atoms. The Morgan fingerprint density at radius 1 is 1.22 bits per heavy atom. The summed E-state index contributed by atoms with van der Waals surface area (Å²) in [5.41, 5.74) is 2.48. The molecule has 118 valence electrons. The standard InChI is InChI=1S/C18H18N2O3/c1-23-18(22)16-10-15(16)12-5-7-13(8-6-12)17(21)20-11-14-4-2-3-9-19-14/h2-9,15-16H,10-11H2,1H3,(H,20,21). The maximum Gasteiger partial charge on any atom is 0.309 e. The molecule has 1 aromatic heterocycles. The Balaban J connectivity index is 1.57. The lowest BCUT2D eigenvalue weighted by atomic mass is 10.1. The number of pyridine rings is 1. The number of hydrogen-bond donors (Lipinski definition) is 1. The number of carbonyl (C=O) groups excluding carboxylic acids is 2. The predicted octanol–water partition coefficient (Wildman–Crippen LogP) is 2.29. The van der Waals surface area contributed by atoms with Crippen molar-refractivity contribution < 1.29 is 14.3 Å². The van der Waals surface area contributed by atoms with Gasteiger partial charge in [0.25, 0.3) is 5.91 Å². The summed E-state index contributed by atoms with van der Waals surface area (Å²) < 4.78 is 4.75. The van der Waals surface area contributed by atoms with Crippen molar-refractivity contribution in [2.75, 3.05) is 7.11 Å². The van der Waals surface area contributed by atoms with Gasteiger partial charge in [-0.25, -0.2) is 0 Å². The summed E-state index contributed by atoms with van der Waals surface area (Å²) in [6.07, 6.45) is 2.52. The van der Waals surface area contributed by atoms with Crippen LogP contribution in [0.5, 0.6) is 0 Å². The molecule has 0 spiro atoms. The van der Waals surface area contributed by atoms with E-state index < -0.39 is 0 Å². The topological polar surface area (TPSA) is 68.3 Å². The molecule has 1 amide bonds. The van der Waals surface area contributed by atoms with Gasteiger partial charge in [-0.2, -0.15) is 0 Å². The van der Waals surface area contributed by atoms with Gasteiger partial charge in [0.2, 0.25) is 0 Å². The molecular formula is C18H18N2O3. The molecule has 1 aliphatic carbocycles. The number of rotatable bonds is 5. The molecule has 1 N–H and O–H groups in total. The molecule has 5 heteroatoms. The van der Waals surface area contributed by atoms with Crippen LogP contribution in [0.1, 0.15) is 34.0 Å². The SMILES string of the molecule is COC(=O)C1CC1c1ccc(C(=O)NCc2ccccn2)cc1. The zero-order valence-electron chi connectivity index (χ0n) is 12.9. The molecule has 2 aromatic rings. The molecule has 0 saturated heterocycles. The van der Waals surface area contributed by atoms with E-state index in [0.29, 0.717) is 12.1 Å². The molecule has 23 heavy (non-hydrogen) atoms. The quantitative estimate of drug-likeness (QED) is 0.860. The minimum Gasteiger partial charge on any atom is -0.469 e. The average molecular weight is 310 g/mol. The molecule has 2 atom stereocenters. The number of amides is 1. The lowest BCUT2D eigenvalue weighted by Gasteiger charge is -2.06. The van der Waals surface area contributed by atoms with Crippen LogP contribution < -0.4 is 5.32 Å². The van der Waals surface area contributed by atoms with Gasteiger partial charge >= 0.3 is 5.97 Å². The summed E-state index contributed by atoms with van der Waals surface area (Å²) >= 11 is 0. The fourth-order valence-corrected chi connectivity index (χ4v) is 2.63. The van der Waals surface area contributed by atoms with Crippen molar-refractivity contribution >= 4 is 11.9 Å². The normalized spacial score (nSPS) is 19.0. The first-order valence-electron chi connectivity index (χ1n) is 7.55. The zero-order chi connectivity index (χ0) is 16.2. The average Bonchev–Trinajstić information content (AvgIpc) is 3.41. The van der Waals surface area contributed by atoms with Crippen LogP contribution >= 0.6 is 0 Å². The third kappa shape index (κ3) is 3.56. The van der Waals surface area contributed by atoms with Gasteiger partial charge in [-0.05, 0) is 42.2 Å². The highest BCUT2D eigenvalue weighted by Gasteiger charge is 2.44. The number of hydrogen-bond acceptors (Lipinski definition) is 4. The Labute approximate surface area is 134 Å². The molecule has 1 fully saturated rings. The molecular weight excluding hydrogens is 292 g/mol. The molecule has 5 nitrogen and oxygen atoms in total. The van der Waals surface area contributed by atoms with E-state index in [-0.39, 0.29) is 23.7 Å². The minimum absolute atomic E-state index is 0.0381. The summed E-state index contributed by atoms with van der Waals surface area (Å²) in [7, 11) is 1.41. The lowest BCUT2D eigenvalue weighted by molar-refractivity contribution is -0.142. The summed E-state index contributed by atoms with van der Waals surface area (Å²) in [5.74, 6) is -0.119. The van der Waals surface area contributed by atoms with E-state index in [4.69, 9.17) is 4.74 Å². The maximum absolute atomic E-state index is 12.1. The zero-order valence-corrected chi connectivity index (χ0v) is 12.9. The maximum atomic E-state index is 12.1. The van der Waals surface area contributed by atoms with Crippen LogP contribution in [0.3, 0.4) is 0 Å². The number of carbonyl (C=O) groups is 2. The van der Waals surface area contributed by atoms with Crippen molar-refractivity contribution in [3.8, 4) is 0 Å². The number of nitrogens with one attached hydrogen (secondary N) is 1. The molecule has 2 unspecified atom stereocenters. The number of methoxy groups -OCH3 is 1. The number of benzene rings is 1. The van der Waals surface area contributed by atoms with Gasteiger partial charge in [0.1, 0.15) is 0 Å². The first kappa shape index (κ1) is 15.2. The lowest BCUT2D eigenvalue weighted by Crippen LogP contribution is -2.23. The third-order valence-electron chi connectivity index (χ3n) is 4.05. The molecule has 1 aliphatic rings. The van der Waals surface area contributed by atoms with Gasteiger partial charge < -0.3 is 10.1 Å². The van der Waals surface area contributed by atoms with E-state index in [2.05, 4.69) is 10.3 Å². The van der Waals surface area contributed by atoms with Crippen LogP contribution in [-0.4, -0.2) is 24.0 Å². The van der Waals surface area contributed by atoms with Gasteiger partial charge in [0, 0.05) is 11.8 Å². The highest BCUT2D eigenvalue weighted by Crippen LogP contribution is 2.48. The van der Waals surface area contributed by atoms with Gasteiger partial charge in [0.05, 0.1) is 25.3 Å². The number of ether oxygens (including phenoxy) is 1. The summed E-state index contributed by atoms with van der Waals surface area (Å²) in [6, 6.07) is 13.0. The summed E-state index contributed by atoms with van der Waals surface area (Å²) in [6.45, 7) is 0.397. The van der Waals surface area contributed by atoms with Gasteiger partial charge in [0.15, 0.2) is 0 Å². The highest BCUT2D eigenvalue weighted by molar-refractivity contribution is 5.94. The number of aromatic nitrogens is 1. The summed E-state index contributed by atoms with van der Waals surface area (Å²) in [5, 5.41) is 2.84. The largest absolute Gasteiger partial charge is 0.469 e. The molecule has 3 rings (SSSR count). The van der Waals surface area contributed by atoms with Gasteiger partial charge in [-0.1, -0.05) is 18.2 Å². The molecule has 1 aromatic carbocycles. The Morgan fingerprint density at radius 3 is 2.65 bits per heavy atom. The Kier molecular flexibility index (Phi) is 4.37. The second-order valence-electron chi connectivity index (χ2n) is 5.60. The third-order valence-corrected chi connectivity index (χ3v) is 4.05. The first-order chi connectivity index (χ1) is 11.2. The number of nitrogens with zero attached hydrogens (tertiary/aromatic N) is 1. The van der Waals surface area contributed by atoms with Gasteiger partial charge in [-0.15, -0.1) is 0 Å². The predicted molar refractivity (Wildman–Crippen MR) is 84.7 cm³/mol. The van der Waals surface area contributed by atoms with Crippen LogP contribution in [0.2, 0.25) is 0 Å². The second kappa shape index (κ2) is 6.60. The first-order valence-corrected chi connectivity index (χ1v) is 7.55. The molecule has 0 aliphatic heterocycles. The minimum atomic E-state index is -0.160. The molecule has 1 heterocycles. The van der Waals surface area contributed by atoms with Crippen molar-refractivity contribution in [2.45, 2.75) is 18.9 Å². The smallest absolute Gasteiger partial charge is 0.309 e. The van der Waals surface area contributed by atoms with Crippen molar-refractivity contribution in [1.82, 2.24) is 10.3 Å². The molecule has 0 radical (unpaired) electrons. The van der Waals surface area contributed by atoms with Crippen molar-refractivity contribution in [1.29, 1.82) is 0 Å². The van der Waals surface area contributed by atoms with Crippen molar-refractivity contribution in [3.63, 3.8) is 0 Å². The van der Waals surface area contributed by atoms with Crippen molar-refractivity contribution in [3.05, 3.63) is 65.5 Å². The van der Waals surface area contributed by atoms with Crippen molar-refractivity contribution in [2.24, 2.45) is 5.92 Å². The van der Waals surface area contributed by atoms with E-state index in [1.165, 1.54) is 7.11 Å². The Bertz CT molecular complexity index is 698. The monoisotopic (exact) mass is 310 g/mol. The fourth-order valence-electron chi connectivity index (χ4n) is 2.63. The van der Waals surface area contributed by atoms with Crippen LogP contribution in [0.15, 0.2) is 48.7 Å². The Morgan fingerprint density at radius 2 is 2.00 bits per heavy atom. The number of esters is 1. The van der Waals surface area contributed by atoms with E-state index in [1.807, 2.05) is 30.3 Å². The van der Waals surface area contributed by atoms with E-state index in [9.17, 15) is 9.59 Å². The van der Waals surface area contributed by atoms with E-state index in [0.717, 1.165) is 17.7 Å². The second-order valence-corrected chi connectivity index (χ2v) is 5.60. The summed E-state index contributed by atoms with van der Waals surface area (Å²) in [4.78, 5) is 27.7. The van der Waals surface area contributed by atoms with Crippen LogP contribution in [-0.2, 0) is 16.1 Å². The van der Waals surface area contributed by atoms with Crippen LogP contribution in [0.25, 0.3) is 0 Å². The Hall–Kier alpha value is -2.69. The van der Waals surface area contributed by atoms with E-state index in [1.54, 1.807) is 18.3 Å². The molecule has 1 saturated carbocycles. The highest BCUT2D eigenvalue weighted by atomic mass is 16.5. The van der Waals surface area contributed by atoms with Gasteiger partial charge in [-0.3, -0.25) is 14.6 Å².